The fraction of sp³-hybridized carbons (Fsp3) is 0.727. The van der Waals surface area contributed by atoms with Gasteiger partial charge in [-0.3, -0.25) is 4.68 Å². The van der Waals surface area contributed by atoms with Gasteiger partial charge in [0, 0.05) is 18.8 Å². The van der Waals surface area contributed by atoms with Crippen molar-refractivity contribution in [2.75, 3.05) is 7.05 Å². The van der Waals surface area contributed by atoms with Gasteiger partial charge in [-0.05, 0) is 38.8 Å². The van der Waals surface area contributed by atoms with Crippen LogP contribution in [0.2, 0.25) is 0 Å². The summed E-state index contributed by atoms with van der Waals surface area (Å²) in [5.74, 6) is 0. The molecule has 0 aliphatic carbocycles. The zero-order valence-corrected chi connectivity index (χ0v) is 9.45. The minimum Gasteiger partial charge on any atom is -0.317 e. The van der Waals surface area contributed by atoms with Crippen molar-refractivity contribution in [2.45, 2.75) is 45.7 Å². The van der Waals surface area contributed by atoms with Crippen LogP contribution in [0.3, 0.4) is 0 Å². The van der Waals surface area contributed by atoms with Crippen molar-refractivity contribution in [1.29, 1.82) is 0 Å². The van der Waals surface area contributed by atoms with Crippen molar-refractivity contribution < 1.29 is 0 Å². The first-order chi connectivity index (χ1) is 6.76. The van der Waals surface area contributed by atoms with Gasteiger partial charge >= 0.3 is 0 Å². The van der Waals surface area contributed by atoms with Gasteiger partial charge in [-0.25, -0.2) is 0 Å². The summed E-state index contributed by atoms with van der Waals surface area (Å²) in [5, 5.41) is 7.55. The molecule has 0 aromatic carbocycles. The van der Waals surface area contributed by atoms with Gasteiger partial charge in [0.15, 0.2) is 0 Å². The number of nitrogens with one attached hydrogen (secondary N) is 1. The highest BCUT2D eigenvalue weighted by atomic mass is 15.3. The van der Waals surface area contributed by atoms with Gasteiger partial charge < -0.3 is 5.32 Å². The maximum absolute atomic E-state index is 4.31. The molecule has 0 amide bonds. The van der Waals surface area contributed by atoms with Crippen molar-refractivity contribution in [2.24, 2.45) is 0 Å². The molecule has 1 heterocycles. The second-order valence-electron chi connectivity index (χ2n) is 3.84. The number of rotatable bonds is 6. The summed E-state index contributed by atoms with van der Waals surface area (Å²) >= 11 is 0. The normalized spacial score (nSPS) is 13.1. The van der Waals surface area contributed by atoms with Crippen LogP contribution in [-0.2, 0) is 13.0 Å². The second-order valence-corrected chi connectivity index (χ2v) is 3.84. The lowest BCUT2D eigenvalue weighted by Crippen LogP contribution is -2.21. The molecule has 80 valence electrons. The first-order valence-electron chi connectivity index (χ1n) is 5.44. The minimum absolute atomic E-state index is 0.588. The largest absolute Gasteiger partial charge is 0.317 e. The molecule has 0 aliphatic rings. The molecule has 0 fully saturated rings. The van der Waals surface area contributed by atoms with Crippen molar-refractivity contribution in [3.63, 3.8) is 0 Å². The Hall–Kier alpha value is -0.830. The number of aromatic nitrogens is 2. The number of nitrogens with zero attached hydrogens (tertiary/aromatic N) is 2. The molecule has 1 unspecified atom stereocenters. The van der Waals surface area contributed by atoms with Crippen LogP contribution in [0.1, 0.15) is 32.3 Å². The van der Waals surface area contributed by atoms with Crippen LogP contribution >= 0.6 is 0 Å². The van der Waals surface area contributed by atoms with E-state index in [1.54, 1.807) is 0 Å². The van der Waals surface area contributed by atoms with E-state index >= 15 is 0 Å². The van der Waals surface area contributed by atoms with Crippen LogP contribution < -0.4 is 5.32 Å². The van der Waals surface area contributed by atoms with Gasteiger partial charge in [0.2, 0.25) is 0 Å². The van der Waals surface area contributed by atoms with E-state index in [1.165, 1.54) is 12.0 Å². The Labute approximate surface area is 86.5 Å². The van der Waals surface area contributed by atoms with E-state index in [-0.39, 0.29) is 0 Å². The zero-order chi connectivity index (χ0) is 10.4. The number of hydrogen-bond acceptors (Lipinski definition) is 2. The predicted octanol–water partition coefficient (Wildman–Crippen LogP) is 1.83. The summed E-state index contributed by atoms with van der Waals surface area (Å²) < 4.78 is 2.03. The average molecular weight is 195 g/mol. The Kier molecular flexibility index (Phi) is 4.66. The maximum Gasteiger partial charge on any atom is 0.0521 e. The topological polar surface area (TPSA) is 29.9 Å². The van der Waals surface area contributed by atoms with E-state index < -0.39 is 0 Å². The Morgan fingerprint density at radius 1 is 1.57 bits per heavy atom. The lowest BCUT2D eigenvalue weighted by atomic mass is 10.1. The summed E-state index contributed by atoms with van der Waals surface area (Å²) in [6.45, 7) is 5.41. The van der Waals surface area contributed by atoms with E-state index in [4.69, 9.17) is 0 Å². The molecular weight excluding hydrogens is 174 g/mol. The molecule has 14 heavy (non-hydrogen) atoms. The average Bonchev–Trinajstić information content (AvgIpc) is 2.63. The Balaban J connectivity index is 2.35. The van der Waals surface area contributed by atoms with E-state index in [0.29, 0.717) is 6.04 Å². The summed E-state index contributed by atoms with van der Waals surface area (Å²) in [6.07, 6.45) is 7.58. The Morgan fingerprint density at radius 3 is 3.00 bits per heavy atom. The third-order valence-electron chi connectivity index (χ3n) is 2.50. The van der Waals surface area contributed by atoms with Crippen LogP contribution in [0, 0.1) is 0 Å². The molecular formula is C11H21N3. The smallest absolute Gasteiger partial charge is 0.0521 e. The highest BCUT2D eigenvalue weighted by molar-refractivity contribution is 5.04. The fourth-order valence-electron chi connectivity index (χ4n) is 1.41. The Morgan fingerprint density at radius 2 is 2.36 bits per heavy atom. The molecule has 1 rings (SSSR count). The highest BCUT2D eigenvalue weighted by Gasteiger charge is 2.01. The molecule has 1 aromatic rings. The third-order valence-corrected chi connectivity index (χ3v) is 2.50. The highest BCUT2D eigenvalue weighted by Crippen LogP contribution is 2.04. The quantitative estimate of drug-likeness (QED) is 0.750. The molecule has 0 bridgehead atoms. The summed E-state index contributed by atoms with van der Waals surface area (Å²) in [5.41, 5.74) is 1.35. The third kappa shape index (κ3) is 3.50. The molecule has 0 spiro atoms. The minimum atomic E-state index is 0.588. The molecule has 0 saturated carbocycles. The molecule has 1 atom stereocenters. The van der Waals surface area contributed by atoms with Crippen molar-refractivity contribution in [3.8, 4) is 0 Å². The number of hydrogen-bond donors (Lipinski definition) is 1. The summed E-state index contributed by atoms with van der Waals surface area (Å²) in [4.78, 5) is 0. The zero-order valence-electron chi connectivity index (χ0n) is 9.45. The molecule has 1 aromatic heterocycles. The van der Waals surface area contributed by atoms with Crippen LogP contribution in [-0.4, -0.2) is 22.9 Å². The van der Waals surface area contributed by atoms with Crippen LogP contribution in [0.25, 0.3) is 0 Å². The van der Waals surface area contributed by atoms with Gasteiger partial charge in [-0.1, -0.05) is 6.92 Å². The van der Waals surface area contributed by atoms with Crippen molar-refractivity contribution in [3.05, 3.63) is 18.0 Å². The van der Waals surface area contributed by atoms with Crippen molar-refractivity contribution >= 4 is 0 Å². The summed E-state index contributed by atoms with van der Waals surface area (Å²) in [7, 11) is 2.01. The van der Waals surface area contributed by atoms with Gasteiger partial charge in [-0.15, -0.1) is 0 Å². The molecule has 1 N–H and O–H groups in total. The van der Waals surface area contributed by atoms with E-state index in [0.717, 1.165) is 19.4 Å². The Bertz CT molecular complexity index is 255. The van der Waals surface area contributed by atoms with Crippen LogP contribution in [0.4, 0.5) is 0 Å². The molecule has 0 radical (unpaired) electrons. The molecule has 3 heteroatoms. The van der Waals surface area contributed by atoms with Crippen LogP contribution in [0.15, 0.2) is 12.4 Å². The predicted molar refractivity (Wildman–Crippen MR) is 59.4 cm³/mol. The van der Waals surface area contributed by atoms with Gasteiger partial charge in [-0.2, -0.15) is 5.10 Å². The maximum atomic E-state index is 4.31. The van der Waals surface area contributed by atoms with E-state index in [2.05, 4.69) is 30.5 Å². The van der Waals surface area contributed by atoms with Gasteiger partial charge in [0.25, 0.3) is 0 Å². The van der Waals surface area contributed by atoms with E-state index in [9.17, 15) is 0 Å². The van der Waals surface area contributed by atoms with E-state index in [1.807, 2.05) is 17.9 Å². The lowest BCUT2D eigenvalue weighted by Gasteiger charge is -2.07. The van der Waals surface area contributed by atoms with Crippen LogP contribution in [0.5, 0.6) is 0 Å². The number of aryl methyl sites for hydroxylation is 2. The first kappa shape index (κ1) is 11.2. The van der Waals surface area contributed by atoms with Gasteiger partial charge in [0.05, 0.1) is 6.20 Å². The van der Waals surface area contributed by atoms with Gasteiger partial charge in [0.1, 0.15) is 0 Å². The van der Waals surface area contributed by atoms with Crippen molar-refractivity contribution in [1.82, 2.24) is 15.1 Å². The second kappa shape index (κ2) is 5.81. The molecule has 0 aliphatic heterocycles. The monoisotopic (exact) mass is 195 g/mol. The molecule has 0 saturated heterocycles. The fourth-order valence-corrected chi connectivity index (χ4v) is 1.41. The standard InChI is InChI=1S/C11H21N3/c1-4-7-14-9-11(8-13-14)6-5-10(2)12-3/h8-10,12H,4-7H2,1-3H3. The molecule has 3 nitrogen and oxygen atoms in total. The first-order valence-corrected chi connectivity index (χ1v) is 5.44. The SMILES string of the molecule is CCCn1cc(CCC(C)NC)cn1. The summed E-state index contributed by atoms with van der Waals surface area (Å²) in [6, 6.07) is 0.588. The lowest BCUT2D eigenvalue weighted by molar-refractivity contribution is 0.564.